The summed E-state index contributed by atoms with van der Waals surface area (Å²) in [7, 11) is 0. The van der Waals surface area contributed by atoms with Crippen LogP contribution in [0.4, 0.5) is 5.82 Å². The third-order valence-corrected chi connectivity index (χ3v) is 4.27. The van der Waals surface area contributed by atoms with Crippen molar-refractivity contribution in [3.8, 4) is 17.1 Å². The van der Waals surface area contributed by atoms with E-state index < -0.39 is 5.92 Å². The average Bonchev–Trinajstić information content (AvgIpc) is 2.61. The second-order valence-electron chi connectivity index (χ2n) is 5.94. The number of rotatable bonds is 2. The van der Waals surface area contributed by atoms with E-state index in [0.29, 0.717) is 17.0 Å². The summed E-state index contributed by atoms with van der Waals surface area (Å²) >= 11 is 0. The van der Waals surface area contributed by atoms with Gasteiger partial charge >= 0.3 is 0 Å². The maximum Gasteiger partial charge on any atom is 0.257 e. The van der Waals surface area contributed by atoms with Gasteiger partial charge in [-0.25, -0.2) is 4.98 Å². The Bertz CT molecular complexity index is 1010. The fourth-order valence-corrected chi connectivity index (χ4v) is 3.13. The van der Waals surface area contributed by atoms with Crippen LogP contribution in [0.3, 0.4) is 0 Å². The van der Waals surface area contributed by atoms with E-state index >= 15 is 0 Å². The van der Waals surface area contributed by atoms with Crippen molar-refractivity contribution in [3.63, 3.8) is 0 Å². The van der Waals surface area contributed by atoms with Crippen molar-refractivity contribution in [3.05, 3.63) is 76.1 Å². The minimum absolute atomic E-state index is 0.0929. The molecule has 2 aromatic carbocycles. The normalized spacial score (nSPS) is 16.2. The minimum atomic E-state index is -0.447. The summed E-state index contributed by atoms with van der Waals surface area (Å²) in [5.41, 5.74) is 1.58. The van der Waals surface area contributed by atoms with Crippen LogP contribution in [0.15, 0.2) is 59.4 Å². The van der Waals surface area contributed by atoms with Gasteiger partial charge in [0, 0.05) is 17.9 Å². The molecule has 1 atom stereocenters. The number of hydrogen-bond acceptors (Lipinski definition) is 4. The molecule has 0 spiro atoms. The van der Waals surface area contributed by atoms with Gasteiger partial charge < -0.3 is 15.4 Å². The lowest BCUT2D eigenvalue weighted by molar-refractivity contribution is -0.116. The topological polar surface area (TPSA) is 95.1 Å². The van der Waals surface area contributed by atoms with Gasteiger partial charge in [0.25, 0.3) is 5.56 Å². The number of nitrogens with one attached hydrogen (secondary N) is 2. The van der Waals surface area contributed by atoms with E-state index in [0.717, 1.165) is 5.56 Å². The first-order valence-corrected chi connectivity index (χ1v) is 7.90. The molecule has 3 aromatic rings. The lowest BCUT2D eigenvalue weighted by atomic mass is 9.86. The summed E-state index contributed by atoms with van der Waals surface area (Å²) in [6.07, 6.45) is 0.131. The largest absolute Gasteiger partial charge is 0.508 e. The third kappa shape index (κ3) is 2.78. The van der Waals surface area contributed by atoms with Crippen LogP contribution in [0, 0.1) is 0 Å². The molecule has 6 nitrogen and oxygen atoms in total. The van der Waals surface area contributed by atoms with Gasteiger partial charge in [-0.1, -0.05) is 42.5 Å². The van der Waals surface area contributed by atoms with Crippen molar-refractivity contribution in [2.75, 3.05) is 5.32 Å². The third-order valence-electron chi connectivity index (χ3n) is 4.27. The summed E-state index contributed by atoms with van der Waals surface area (Å²) in [4.78, 5) is 32.1. The van der Waals surface area contributed by atoms with Crippen molar-refractivity contribution >= 4 is 11.7 Å². The molecule has 0 bridgehead atoms. The van der Waals surface area contributed by atoms with Gasteiger partial charge in [0.1, 0.15) is 17.4 Å². The number of benzene rings is 2. The number of phenols is 1. The van der Waals surface area contributed by atoms with Crippen LogP contribution in [-0.2, 0) is 4.79 Å². The number of phenolic OH excluding ortho intramolecular Hbond substituents is 1. The second-order valence-corrected chi connectivity index (χ2v) is 5.94. The molecule has 0 radical (unpaired) electrons. The van der Waals surface area contributed by atoms with Gasteiger partial charge in [-0.3, -0.25) is 9.59 Å². The van der Waals surface area contributed by atoms with Crippen LogP contribution in [-0.4, -0.2) is 21.0 Å². The smallest absolute Gasteiger partial charge is 0.257 e. The first-order valence-electron chi connectivity index (χ1n) is 7.90. The first-order chi connectivity index (χ1) is 12.1. The lowest BCUT2D eigenvalue weighted by Gasteiger charge is -2.24. The van der Waals surface area contributed by atoms with Gasteiger partial charge in [0.05, 0.1) is 5.56 Å². The number of amides is 1. The first kappa shape index (κ1) is 15.1. The molecule has 1 aromatic heterocycles. The van der Waals surface area contributed by atoms with E-state index in [-0.39, 0.29) is 29.5 Å². The van der Waals surface area contributed by atoms with Gasteiger partial charge in [-0.2, -0.15) is 0 Å². The van der Waals surface area contributed by atoms with Crippen LogP contribution in [0.25, 0.3) is 11.4 Å². The fourth-order valence-electron chi connectivity index (χ4n) is 3.13. The Hall–Kier alpha value is -3.41. The molecular formula is C19H15N3O3. The van der Waals surface area contributed by atoms with Gasteiger partial charge in [0.15, 0.2) is 0 Å². The molecule has 0 fully saturated rings. The summed E-state index contributed by atoms with van der Waals surface area (Å²) in [5, 5.41) is 12.4. The van der Waals surface area contributed by atoms with Crippen LogP contribution in [0.5, 0.6) is 5.75 Å². The Morgan fingerprint density at radius 1 is 1.04 bits per heavy atom. The van der Waals surface area contributed by atoms with E-state index in [9.17, 15) is 14.7 Å². The molecule has 25 heavy (non-hydrogen) atoms. The second kappa shape index (κ2) is 5.90. The number of H-pyrrole nitrogens is 1. The number of hydrogen-bond donors (Lipinski definition) is 3. The summed E-state index contributed by atoms with van der Waals surface area (Å²) < 4.78 is 0. The van der Waals surface area contributed by atoms with Crippen molar-refractivity contribution in [1.82, 2.24) is 9.97 Å². The standard InChI is InChI=1S/C19H15N3O3/c23-13-8-4-7-12(9-13)14-10-15(24)20-18-16(14)19(25)22-17(21-18)11-5-2-1-3-6-11/h1-9,14,23H,10H2,(H2,20,21,22,24,25). The van der Waals surface area contributed by atoms with E-state index in [4.69, 9.17) is 0 Å². The maximum absolute atomic E-state index is 12.7. The van der Waals surface area contributed by atoms with Crippen molar-refractivity contribution in [2.24, 2.45) is 0 Å². The van der Waals surface area contributed by atoms with E-state index in [1.54, 1.807) is 24.3 Å². The molecule has 0 aliphatic carbocycles. The molecule has 0 saturated heterocycles. The van der Waals surface area contributed by atoms with E-state index in [1.165, 1.54) is 0 Å². The predicted octanol–water partition coefficient (Wildman–Crippen LogP) is 2.62. The molecule has 1 amide bonds. The summed E-state index contributed by atoms with van der Waals surface area (Å²) in [6, 6.07) is 15.8. The molecule has 6 heteroatoms. The molecule has 1 unspecified atom stereocenters. The summed E-state index contributed by atoms with van der Waals surface area (Å²) in [5.74, 6) is 0.110. The van der Waals surface area contributed by atoms with Crippen LogP contribution in [0.2, 0.25) is 0 Å². The number of carbonyl (C=O) groups is 1. The molecule has 124 valence electrons. The van der Waals surface area contributed by atoms with E-state index in [2.05, 4.69) is 15.3 Å². The Morgan fingerprint density at radius 3 is 2.60 bits per heavy atom. The number of aromatic hydroxyl groups is 1. The Kier molecular flexibility index (Phi) is 3.57. The SMILES string of the molecule is O=C1CC(c2cccc(O)c2)c2c(nc(-c3ccccc3)[nH]c2=O)N1. The zero-order valence-electron chi connectivity index (χ0n) is 13.2. The molecule has 1 aliphatic heterocycles. The highest BCUT2D eigenvalue weighted by molar-refractivity contribution is 5.94. The van der Waals surface area contributed by atoms with Crippen molar-refractivity contribution in [1.29, 1.82) is 0 Å². The molecule has 0 saturated carbocycles. The maximum atomic E-state index is 12.7. The van der Waals surface area contributed by atoms with Crippen molar-refractivity contribution < 1.29 is 9.90 Å². The Balaban J connectivity index is 1.87. The average molecular weight is 333 g/mol. The Morgan fingerprint density at radius 2 is 1.84 bits per heavy atom. The van der Waals surface area contributed by atoms with Crippen LogP contribution in [0.1, 0.15) is 23.5 Å². The van der Waals surface area contributed by atoms with Crippen LogP contribution < -0.4 is 10.9 Å². The number of anilines is 1. The minimum Gasteiger partial charge on any atom is -0.508 e. The quantitative estimate of drug-likeness (QED) is 0.672. The van der Waals surface area contributed by atoms with Crippen molar-refractivity contribution in [2.45, 2.75) is 12.3 Å². The molecule has 1 aliphatic rings. The molecule has 4 rings (SSSR count). The number of fused-ring (bicyclic) bond motifs is 1. The number of carbonyl (C=O) groups excluding carboxylic acids is 1. The fraction of sp³-hybridized carbons (Fsp3) is 0.105. The number of nitrogens with zero attached hydrogens (tertiary/aromatic N) is 1. The van der Waals surface area contributed by atoms with Crippen LogP contribution >= 0.6 is 0 Å². The van der Waals surface area contributed by atoms with E-state index in [1.807, 2.05) is 30.3 Å². The molecule has 3 N–H and O–H groups in total. The van der Waals surface area contributed by atoms with Gasteiger partial charge in [-0.05, 0) is 17.7 Å². The lowest BCUT2D eigenvalue weighted by Crippen LogP contribution is -2.31. The van der Waals surface area contributed by atoms with Gasteiger partial charge in [0.2, 0.25) is 5.91 Å². The summed E-state index contributed by atoms with van der Waals surface area (Å²) in [6.45, 7) is 0. The zero-order chi connectivity index (χ0) is 17.4. The van der Waals surface area contributed by atoms with Gasteiger partial charge in [-0.15, -0.1) is 0 Å². The Labute approximate surface area is 143 Å². The monoisotopic (exact) mass is 333 g/mol. The molecule has 2 heterocycles. The highest BCUT2D eigenvalue weighted by Crippen LogP contribution is 2.35. The number of aromatic nitrogens is 2. The highest BCUT2D eigenvalue weighted by Gasteiger charge is 2.31. The highest BCUT2D eigenvalue weighted by atomic mass is 16.3. The zero-order valence-corrected chi connectivity index (χ0v) is 13.2. The molecular weight excluding hydrogens is 318 g/mol. The predicted molar refractivity (Wildman–Crippen MR) is 93.5 cm³/mol. The number of aromatic amines is 1.